The summed E-state index contributed by atoms with van der Waals surface area (Å²) in [4.78, 5) is 7.54. The fraction of sp³-hybridized carbons (Fsp3) is 0.0208. The average Bonchev–Trinajstić information content (AvgIpc) is 3.76. The van der Waals surface area contributed by atoms with Gasteiger partial charge in [-0.25, -0.2) is 4.98 Å². The van der Waals surface area contributed by atoms with Crippen LogP contribution in [0.4, 0.5) is 17.1 Å². The van der Waals surface area contributed by atoms with Crippen LogP contribution >= 0.6 is 11.3 Å². The van der Waals surface area contributed by atoms with E-state index in [-0.39, 0.29) is 0 Å². The van der Waals surface area contributed by atoms with Gasteiger partial charge in [0.05, 0.1) is 15.6 Å². The van der Waals surface area contributed by atoms with E-state index in [9.17, 15) is 0 Å². The smallest absolute Gasteiger partial charge is 0.124 e. The number of aromatic nitrogens is 1. The number of rotatable bonds is 6. The third-order valence-electron chi connectivity index (χ3n) is 10.3. The second-order valence-electron chi connectivity index (χ2n) is 13.2. The molecule has 0 saturated carbocycles. The Morgan fingerprint density at radius 1 is 0.431 bits per heavy atom. The molecule has 0 bridgehead atoms. The predicted molar refractivity (Wildman–Crippen MR) is 215 cm³/mol. The molecule has 1 aliphatic rings. The van der Waals surface area contributed by atoms with Crippen molar-refractivity contribution in [2.45, 2.75) is 5.41 Å². The number of thiazole rings is 1. The minimum Gasteiger partial charge on any atom is -0.310 e. The zero-order chi connectivity index (χ0) is 33.8. The normalized spacial score (nSPS) is 12.9. The average molecular weight is 669 g/mol. The number of hydrogen-bond donors (Lipinski definition) is 0. The van der Waals surface area contributed by atoms with Gasteiger partial charge in [0.1, 0.15) is 5.01 Å². The van der Waals surface area contributed by atoms with Gasteiger partial charge in [0.2, 0.25) is 0 Å². The van der Waals surface area contributed by atoms with Gasteiger partial charge in [-0.05, 0) is 86.6 Å². The van der Waals surface area contributed by atoms with Gasteiger partial charge in [0.25, 0.3) is 0 Å². The second kappa shape index (κ2) is 11.9. The van der Waals surface area contributed by atoms with E-state index < -0.39 is 5.41 Å². The molecule has 0 fully saturated rings. The number of fused-ring (bicyclic) bond motifs is 5. The maximum absolute atomic E-state index is 5.14. The molecule has 3 heteroatoms. The molecule has 0 unspecified atom stereocenters. The van der Waals surface area contributed by atoms with Crippen molar-refractivity contribution in [3.63, 3.8) is 0 Å². The molecule has 0 aliphatic heterocycles. The van der Waals surface area contributed by atoms with Crippen molar-refractivity contribution in [1.82, 2.24) is 4.98 Å². The van der Waals surface area contributed by atoms with Gasteiger partial charge in [0, 0.05) is 22.6 Å². The van der Waals surface area contributed by atoms with Gasteiger partial charge < -0.3 is 4.90 Å². The SMILES string of the molecule is c1ccc(-c2nc3cc(N(c4ccc5c(c4)C(c4ccccc4)(c4ccccc4)c4ccccc4-5)c4ccc5ccccc5c4)ccc3s2)cc1. The highest BCUT2D eigenvalue weighted by Crippen LogP contribution is 2.57. The second-order valence-corrected chi connectivity index (χ2v) is 14.2. The Morgan fingerprint density at radius 2 is 1.00 bits per heavy atom. The molecule has 0 atom stereocenters. The van der Waals surface area contributed by atoms with Gasteiger partial charge in [-0.15, -0.1) is 11.3 Å². The maximum Gasteiger partial charge on any atom is 0.124 e. The van der Waals surface area contributed by atoms with Crippen molar-refractivity contribution in [3.05, 3.63) is 216 Å². The Balaban J connectivity index is 1.22. The van der Waals surface area contributed by atoms with Gasteiger partial charge >= 0.3 is 0 Å². The lowest BCUT2D eigenvalue weighted by Crippen LogP contribution is -2.28. The van der Waals surface area contributed by atoms with Gasteiger partial charge in [0.15, 0.2) is 0 Å². The van der Waals surface area contributed by atoms with Crippen LogP contribution in [0.3, 0.4) is 0 Å². The summed E-state index contributed by atoms with van der Waals surface area (Å²) in [5.41, 5.74) is 12.6. The highest BCUT2D eigenvalue weighted by molar-refractivity contribution is 7.21. The first-order valence-electron chi connectivity index (χ1n) is 17.4. The summed E-state index contributed by atoms with van der Waals surface area (Å²) in [6.07, 6.45) is 0. The van der Waals surface area contributed by atoms with Crippen LogP contribution in [0.5, 0.6) is 0 Å². The molecule has 1 heterocycles. The summed E-state index contributed by atoms with van der Waals surface area (Å²) in [5, 5.41) is 3.46. The third-order valence-corrected chi connectivity index (χ3v) is 11.4. The number of hydrogen-bond acceptors (Lipinski definition) is 3. The molecule has 0 N–H and O–H groups in total. The van der Waals surface area contributed by atoms with E-state index in [0.29, 0.717) is 0 Å². The number of nitrogens with zero attached hydrogens (tertiary/aromatic N) is 2. The van der Waals surface area contributed by atoms with E-state index in [2.05, 4.69) is 199 Å². The van der Waals surface area contributed by atoms with Crippen LogP contribution < -0.4 is 4.90 Å². The summed E-state index contributed by atoms with van der Waals surface area (Å²) < 4.78 is 1.17. The molecule has 9 aromatic rings. The molecule has 2 nitrogen and oxygen atoms in total. The monoisotopic (exact) mass is 668 g/mol. The number of anilines is 3. The Bertz CT molecular complexity index is 2660. The Morgan fingerprint density at radius 3 is 1.76 bits per heavy atom. The topological polar surface area (TPSA) is 16.1 Å². The molecule has 1 aromatic heterocycles. The summed E-state index contributed by atoms with van der Waals surface area (Å²) >= 11 is 1.74. The zero-order valence-corrected chi connectivity index (χ0v) is 28.6. The van der Waals surface area contributed by atoms with E-state index in [1.54, 1.807) is 11.3 Å². The lowest BCUT2D eigenvalue weighted by Gasteiger charge is -2.35. The Kier molecular flexibility index (Phi) is 6.93. The van der Waals surface area contributed by atoms with Crippen molar-refractivity contribution in [3.8, 4) is 21.7 Å². The third kappa shape index (κ3) is 4.74. The van der Waals surface area contributed by atoms with Crippen LogP contribution in [0.25, 0.3) is 42.7 Å². The molecule has 0 spiro atoms. The first-order chi connectivity index (χ1) is 25.3. The summed E-state index contributed by atoms with van der Waals surface area (Å²) in [6, 6.07) is 70.6. The van der Waals surface area contributed by atoms with Gasteiger partial charge in [-0.3, -0.25) is 0 Å². The summed E-state index contributed by atoms with van der Waals surface area (Å²) in [7, 11) is 0. The molecular weight excluding hydrogens is 637 g/mol. The van der Waals surface area contributed by atoms with E-state index in [4.69, 9.17) is 4.98 Å². The first kappa shape index (κ1) is 29.6. The minimum absolute atomic E-state index is 0.483. The van der Waals surface area contributed by atoms with E-state index in [0.717, 1.165) is 33.1 Å². The molecule has 10 rings (SSSR count). The van der Waals surface area contributed by atoms with Crippen LogP contribution in [0, 0.1) is 0 Å². The quantitative estimate of drug-likeness (QED) is 0.175. The lowest BCUT2D eigenvalue weighted by atomic mass is 9.67. The van der Waals surface area contributed by atoms with Gasteiger partial charge in [-0.2, -0.15) is 0 Å². The van der Waals surface area contributed by atoms with E-state index in [1.165, 1.54) is 48.9 Å². The van der Waals surface area contributed by atoms with Gasteiger partial charge in [-0.1, -0.05) is 152 Å². The van der Waals surface area contributed by atoms with Crippen molar-refractivity contribution in [1.29, 1.82) is 0 Å². The fourth-order valence-corrected chi connectivity index (χ4v) is 9.05. The standard InChI is InChI=1S/C48H32N2S/c1-4-15-34(16-5-1)47-49-45-32-40(27-29-46(45)51-47)50(38-25-24-33-14-10-11-17-35(33)30-38)39-26-28-42-41-22-12-13-23-43(41)48(44(42)31-39,36-18-6-2-7-19-36)37-20-8-3-9-21-37/h1-32H. The molecular formula is C48H32N2S. The van der Waals surface area contributed by atoms with Crippen molar-refractivity contribution >= 4 is 49.4 Å². The molecule has 0 radical (unpaired) electrons. The minimum atomic E-state index is -0.483. The number of benzene rings is 8. The molecule has 0 amide bonds. The molecule has 240 valence electrons. The first-order valence-corrected chi connectivity index (χ1v) is 18.2. The van der Waals surface area contributed by atoms with Crippen LogP contribution in [-0.4, -0.2) is 4.98 Å². The van der Waals surface area contributed by atoms with Crippen molar-refractivity contribution in [2.24, 2.45) is 0 Å². The Labute approximate surface area is 301 Å². The highest BCUT2D eigenvalue weighted by Gasteiger charge is 2.46. The van der Waals surface area contributed by atoms with E-state index in [1.807, 2.05) is 0 Å². The van der Waals surface area contributed by atoms with Crippen LogP contribution in [0.1, 0.15) is 22.3 Å². The molecule has 1 aliphatic carbocycles. The largest absolute Gasteiger partial charge is 0.310 e. The van der Waals surface area contributed by atoms with Crippen molar-refractivity contribution < 1.29 is 0 Å². The summed E-state index contributed by atoms with van der Waals surface area (Å²) in [5.74, 6) is 0. The van der Waals surface area contributed by atoms with Crippen molar-refractivity contribution in [2.75, 3.05) is 4.90 Å². The summed E-state index contributed by atoms with van der Waals surface area (Å²) in [6.45, 7) is 0. The zero-order valence-electron chi connectivity index (χ0n) is 27.8. The predicted octanol–water partition coefficient (Wildman–Crippen LogP) is 12.9. The highest BCUT2D eigenvalue weighted by atomic mass is 32.1. The Hall–Kier alpha value is -6.29. The lowest BCUT2D eigenvalue weighted by molar-refractivity contribution is 0.768. The maximum atomic E-state index is 5.14. The van der Waals surface area contributed by atoms with E-state index >= 15 is 0 Å². The van der Waals surface area contributed by atoms with Crippen LogP contribution in [0.15, 0.2) is 194 Å². The molecule has 8 aromatic carbocycles. The van der Waals surface area contributed by atoms with Crippen LogP contribution in [-0.2, 0) is 5.41 Å². The molecule has 51 heavy (non-hydrogen) atoms. The van der Waals surface area contributed by atoms with Crippen LogP contribution in [0.2, 0.25) is 0 Å². The molecule has 0 saturated heterocycles. The fourth-order valence-electron chi connectivity index (χ4n) is 8.09.